The van der Waals surface area contributed by atoms with Crippen molar-refractivity contribution in [3.63, 3.8) is 0 Å². The van der Waals surface area contributed by atoms with E-state index in [0.717, 1.165) is 4.90 Å². The van der Waals surface area contributed by atoms with Crippen LogP contribution < -0.4 is 0 Å². The molecule has 1 saturated heterocycles. The van der Waals surface area contributed by atoms with E-state index in [1.54, 1.807) is 0 Å². The molecule has 1 atom stereocenters. The van der Waals surface area contributed by atoms with Crippen LogP contribution in [0.1, 0.15) is 26.2 Å². The second-order valence-electron chi connectivity index (χ2n) is 5.03. The zero-order valence-corrected chi connectivity index (χ0v) is 13.2. The van der Waals surface area contributed by atoms with Crippen molar-refractivity contribution in [2.24, 2.45) is 0 Å². The fraction of sp³-hybridized carbons (Fsp3) is 0.429. The van der Waals surface area contributed by atoms with Gasteiger partial charge in [-0.15, -0.1) is 0 Å². The van der Waals surface area contributed by atoms with Crippen LogP contribution in [0.25, 0.3) is 0 Å². The molecule has 114 valence electrons. The molecule has 2 amide bonds. The van der Waals surface area contributed by atoms with Gasteiger partial charge in [-0.2, -0.15) is 0 Å². The number of sulfone groups is 1. The summed E-state index contributed by atoms with van der Waals surface area (Å²) < 4.78 is 25.1. The van der Waals surface area contributed by atoms with E-state index in [1.165, 1.54) is 31.2 Å². The fourth-order valence-corrected chi connectivity index (χ4v) is 4.29. The number of hydrogen-bond acceptors (Lipinski definition) is 4. The number of carbonyl (C=O) groups is 2. The topological polar surface area (TPSA) is 71.5 Å². The highest BCUT2D eigenvalue weighted by Crippen LogP contribution is 2.26. The van der Waals surface area contributed by atoms with Gasteiger partial charge in [0.05, 0.1) is 10.1 Å². The third-order valence-corrected chi connectivity index (χ3v) is 6.03. The van der Waals surface area contributed by atoms with E-state index in [1.807, 2.05) is 0 Å². The number of carbonyl (C=O) groups excluding carboxylic acids is 2. The first-order valence-corrected chi connectivity index (χ1v) is 8.55. The lowest BCUT2D eigenvalue weighted by Gasteiger charge is -2.17. The van der Waals surface area contributed by atoms with E-state index in [9.17, 15) is 18.0 Å². The number of rotatable bonds is 2. The lowest BCUT2D eigenvalue weighted by molar-refractivity contribution is -0.142. The van der Waals surface area contributed by atoms with Gasteiger partial charge in [0.15, 0.2) is 9.84 Å². The van der Waals surface area contributed by atoms with Gasteiger partial charge in [-0.25, -0.2) is 8.42 Å². The van der Waals surface area contributed by atoms with Gasteiger partial charge in [0.2, 0.25) is 11.8 Å². The molecule has 2 rings (SSSR count). The van der Waals surface area contributed by atoms with E-state index in [-0.39, 0.29) is 23.8 Å². The summed E-state index contributed by atoms with van der Waals surface area (Å²) >= 11 is 5.76. The van der Waals surface area contributed by atoms with E-state index in [2.05, 4.69) is 0 Å². The largest absolute Gasteiger partial charge is 0.283 e. The maximum Gasteiger partial charge on any atom is 0.230 e. The summed E-state index contributed by atoms with van der Waals surface area (Å²) in [6, 6.07) is 5.90. The predicted molar refractivity (Wildman–Crippen MR) is 78.7 cm³/mol. The van der Waals surface area contributed by atoms with Gasteiger partial charge in [-0.3, -0.25) is 14.5 Å². The molecular formula is C14H16ClNO4S. The van der Waals surface area contributed by atoms with Crippen LogP contribution in [0.5, 0.6) is 0 Å². The Labute approximate surface area is 128 Å². The maximum atomic E-state index is 12.6. The van der Waals surface area contributed by atoms with E-state index < -0.39 is 21.0 Å². The lowest BCUT2D eigenvalue weighted by atomic mass is 10.2. The number of nitrogens with zero attached hydrogens (tertiary/aromatic N) is 1. The van der Waals surface area contributed by atoms with Crippen molar-refractivity contribution in [1.29, 1.82) is 0 Å². The molecule has 0 spiro atoms. The normalized spacial score (nSPS) is 20.2. The Morgan fingerprint density at radius 1 is 1.29 bits per heavy atom. The zero-order valence-electron chi connectivity index (χ0n) is 11.6. The molecule has 0 N–H and O–H groups in total. The molecule has 1 unspecified atom stereocenters. The summed E-state index contributed by atoms with van der Waals surface area (Å²) in [5.41, 5.74) is 0. The highest BCUT2D eigenvalue weighted by molar-refractivity contribution is 7.92. The predicted octanol–water partition coefficient (Wildman–Crippen LogP) is 2.04. The molecule has 0 radical (unpaired) electrons. The first-order chi connectivity index (χ1) is 9.82. The first-order valence-electron chi connectivity index (χ1n) is 6.63. The molecule has 1 aliphatic rings. The second kappa shape index (κ2) is 6.15. The Bertz CT molecular complexity index is 654. The van der Waals surface area contributed by atoms with Gasteiger partial charge in [0.25, 0.3) is 0 Å². The smallest absolute Gasteiger partial charge is 0.230 e. The van der Waals surface area contributed by atoms with Crippen molar-refractivity contribution >= 4 is 33.3 Å². The summed E-state index contributed by atoms with van der Waals surface area (Å²) in [4.78, 5) is 24.7. The number of benzene rings is 1. The number of likely N-dealkylation sites (tertiary alicyclic amines) is 1. The van der Waals surface area contributed by atoms with Crippen LogP contribution in [-0.2, 0) is 19.4 Å². The standard InChI is InChI=1S/C14H16ClNO4S/c1-10(17)16-8-2-3-13(9-14(16)18)21(19,20)12-6-4-11(15)5-7-12/h4-7,13H,2-3,8-9H2,1H3. The molecule has 0 bridgehead atoms. The van der Waals surface area contributed by atoms with Gasteiger partial charge in [-0.05, 0) is 37.1 Å². The molecule has 5 nitrogen and oxygen atoms in total. The molecule has 0 aromatic heterocycles. The Morgan fingerprint density at radius 2 is 1.90 bits per heavy atom. The minimum Gasteiger partial charge on any atom is -0.283 e. The van der Waals surface area contributed by atoms with Crippen LogP contribution in [0.3, 0.4) is 0 Å². The summed E-state index contributed by atoms with van der Waals surface area (Å²) in [5.74, 6) is -0.771. The number of hydrogen-bond donors (Lipinski definition) is 0. The molecule has 0 aliphatic carbocycles. The summed E-state index contributed by atoms with van der Waals surface area (Å²) in [7, 11) is -3.60. The fourth-order valence-electron chi connectivity index (χ4n) is 2.42. The summed E-state index contributed by atoms with van der Waals surface area (Å²) in [5, 5.41) is -0.343. The van der Waals surface area contributed by atoms with Crippen molar-refractivity contribution in [2.45, 2.75) is 36.3 Å². The third-order valence-electron chi connectivity index (χ3n) is 3.57. The highest BCUT2D eigenvalue weighted by Gasteiger charge is 2.34. The quantitative estimate of drug-likeness (QED) is 0.832. The Balaban J connectivity index is 2.26. The third kappa shape index (κ3) is 3.44. The molecule has 7 heteroatoms. The highest BCUT2D eigenvalue weighted by atomic mass is 35.5. The van der Waals surface area contributed by atoms with Crippen LogP contribution in [-0.4, -0.2) is 36.9 Å². The minimum absolute atomic E-state index is 0.154. The molecule has 1 fully saturated rings. The Morgan fingerprint density at radius 3 is 2.48 bits per heavy atom. The Kier molecular flexibility index (Phi) is 4.68. The lowest BCUT2D eigenvalue weighted by Crippen LogP contribution is -2.36. The van der Waals surface area contributed by atoms with Crippen molar-refractivity contribution in [1.82, 2.24) is 4.90 Å². The van der Waals surface area contributed by atoms with Gasteiger partial charge < -0.3 is 0 Å². The zero-order chi connectivity index (χ0) is 15.6. The number of amides is 2. The van der Waals surface area contributed by atoms with E-state index >= 15 is 0 Å². The van der Waals surface area contributed by atoms with Gasteiger partial charge in [0, 0.05) is 24.9 Å². The molecule has 1 heterocycles. The summed E-state index contributed by atoms with van der Waals surface area (Å²) in [6.07, 6.45) is 0.688. The second-order valence-corrected chi connectivity index (χ2v) is 7.70. The number of imide groups is 1. The van der Waals surface area contributed by atoms with Crippen LogP contribution in [0.2, 0.25) is 5.02 Å². The van der Waals surface area contributed by atoms with Crippen LogP contribution in [0.4, 0.5) is 0 Å². The first kappa shape index (κ1) is 16.0. The van der Waals surface area contributed by atoms with Crippen molar-refractivity contribution in [3.8, 4) is 0 Å². The average Bonchev–Trinajstić information content (AvgIpc) is 2.61. The molecule has 1 aromatic carbocycles. The van der Waals surface area contributed by atoms with E-state index in [0.29, 0.717) is 17.9 Å². The van der Waals surface area contributed by atoms with Gasteiger partial charge >= 0.3 is 0 Å². The average molecular weight is 330 g/mol. The summed E-state index contributed by atoms with van der Waals surface area (Å²) in [6.45, 7) is 1.59. The minimum atomic E-state index is -3.60. The van der Waals surface area contributed by atoms with Crippen LogP contribution in [0.15, 0.2) is 29.2 Å². The maximum absolute atomic E-state index is 12.6. The van der Waals surface area contributed by atoms with Crippen molar-refractivity contribution < 1.29 is 18.0 Å². The van der Waals surface area contributed by atoms with Gasteiger partial charge in [0.1, 0.15) is 0 Å². The monoisotopic (exact) mass is 329 g/mol. The molecule has 1 aromatic rings. The molecule has 0 saturated carbocycles. The SMILES string of the molecule is CC(=O)N1CCCC(S(=O)(=O)c2ccc(Cl)cc2)CC1=O. The molecule has 21 heavy (non-hydrogen) atoms. The number of halogens is 1. The van der Waals surface area contributed by atoms with Crippen LogP contribution >= 0.6 is 11.6 Å². The van der Waals surface area contributed by atoms with Crippen molar-refractivity contribution in [3.05, 3.63) is 29.3 Å². The Hall–Kier alpha value is -1.40. The molecular weight excluding hydrogens is 314 g/mol. The van der Waals surface area contributed by atoms with Gasteiger partial charge in [-0.1, -0.05) is 11.6 Å². The van der Waals surface area contributed by atoms with Crippen LogP contribution in [0, 0.1) is 0 Å². The van der Waals surface area contributed by atoms with Crippen molar-refractivity contribution in [2.75, 3.05) is 6.54 Å². The molecule has 1 aliphatic heterocycles. The van der Waals surface area contributed by atoms with E-state index in [4.69, 9.17) is 11.6 Å².